The first-order chi connectivity index (χ1) is 21.5. The molecule has 3 aromatic carbocycles. The molecule has 4 heterocycles. The highest BCUT2D eigenvalue weighted by Gasteiger charge is 2.29. The number of thiazole rings is 2. The number of carbonyl (C=O) groups is 2. The van der Waals surface area contributed by atoms with Crippen molar-refractivity contribution in [2.75, 3.05) is 13.1 Å². The van der Waals surface area contributed by atoms with Crippen molar-refractivity contribution in [2.24, 2.45) is 5.92 Å². The van der Waals surface area contributed by atoms with E-state index in [1.807, 2.05) is 84.9 Å². The fourth-order valence-electron chi connectivity index (χ4n) is 6.02. The molecule has 1 fully saturated rings. The van der Waals surface area contributed by atoms with Gasteiger partial charge in [-0.05, 0) is 41.2 Å². The van der Waals surface area contributed by atoms with Crippen LogP contribution in [-0.4, -0.2) is 44.3 Å². The number of nitrogens with zero attached hydrogens (tertiary/aromatic N) is 4. The third-order valence-electron chi connectivity index (χ3n) is 8.20. The van der Waals surface area contributed by atoms with Gasteiger partial charge in [-0.15, -0.1) is 22.7 Å². The zero-order chi connectivity index (χ0) is 30.0. The fraction of sp³-hybridized carbons (Fsp3) is 0.222. The maximum Gasteiger partial charge on any atom is 0.236 e. The first kappa shape index (κ1) is 28.4. The van der Waals surface area contributed by atoms with Gasteiger partial charge in [0, 0.05) is 31.9 Å². The Morgan fingerprint density at radius 1 is 0.750 bits per heavy atom. The van der Waals surface area contributed by atoms with Crippen LogP contribution in [0.15, 0.2) is 97.3 Å². The molecule has 0 N–H and O–H groups in total. The summed E-state index contributed by atoms with van der Waals surface area (Å²) in [6.07, 6.45) is 6.07. The third kappa shape index (κ3) is 6.00. The minimum Gasteiger partial charge on any atom is -0.342 e. The van der Waals surface area contributed by atoms with Gasteiger partial charge in [0.25, 0.3) is 0 Å². The molecule has 44 heavy (non-hydrogen) atoms. The molecule has 7 rings (SSSR count). The molecule has 1 amide bonds. The topological polar surface area (TPSA) is 68.1 Å². The van der Waals surface area contributed by atoms with Gasteiger partial charge in [-0.1, -0.05) is 84.9 Å². The Morgan fingerprint density at radius 3 is 1.98 bits per heavy atom. The molecule has 0 spiro atoms. The molecule has 1 saturated heterocycles. The number of rotatable bonds is 8. The van der Waals surface area contributed by atoms with Crippen molar-refractivity contribution in [1.82, 2.24) is 19.4 Å². The van der Waals surface area contributed by atoms with E-state index in [1.165, 1.54) is 0 Å². The first-order valence-corrected chi connectivity index (χ1v) is 16.6. The molecule has 0 aliphatic carbocycles. The molecule has 1 aliphatic heterocycles. The lowest BCUT2D eigenvalue weighted by atomic mass is 10.1. The fourth-order valence-corrected chi connectivity index (χ4v) is 8.16. The maximum atomic E-state index is 13.4. The van der Waals surface area contributed by atoms with Gasteiger partial charge in [-0.3, -0.25) is 14.2 Å². The number of likely N-dealkylation sites (tertiary alicyclic amines) is 1. The number of hydrogen-bond donors (Lipinski definition) is 0. The molecule has 0 radical (unpaired) electrons. The van der Waals surface area contributed by atoms with Crippen molar-refractivity contribution in [3.63, 3.8) is 0 Å². The van der Waals surface area contributed by atoms with Gasteiger partial charge >= 0.3 is 0 Å². The molecule has 0 saturated carbocycles. The molecule has 8 heteroatoms. The van der Waals surface area contributed by atoms with E-state index in [2.05, 4.69) is 24.3 Å². The SMILES string of the molecule is Cc1nc(CC(=O)N2CCC(Cc3nc(CC(=O)n4cc5ccccc5c4)c(-c4ccccc4)s3)C2)c(-c2ccccc2)s1. The van der Waals surface area contributed by atoms with E-state index >= 15 is 0 Å². The van der Waals surface area contributed by atoms with Crippen LogP contribution in [0.2, 0.25) is 0 Å². The van der Waals surface area contributed by atoms with Crippen LogP contribution in [0.3, 0.4) is 0 Å². The van der Waals surface area contributed by atoms with Gasteiger partial charge in [0.15, 0.2) is 0 Å². The highest BCUT2D eigenvalue weighted by molar-refractivity contribution is 7.15. The lowest BCUT2D eigenvalue weighted by molar-refractivity contribution is -0.129. The summed E-state index contributed by atoms with van der Waals surface area (Å²) in [6, 6.07) is 28.4. The Labute approximate surface area is 264 Å². The second-order valence-electron chi connectivity index (χ2n) is 11.4. The number of benzene rings is 3. The van der Waals surface area contributed by atoms with Gasteiger partial charge in [-0.25, -0.2) is 9.97 Å². The van der Waals surface area contributed by atoms with E-state index in [1.54, 1.807) is 27.2 Å². The Kier molecular flexibility index (Phi) is 7.93. The van der Waals surface area contributed by atoms with E-state index < -0.39 is 0 Å². The van der Waals surface area contributed by atoms with Crippen molar-refractivity contribution >= 4 is 45.3 Å². The van der Waals surface area contributed by atoms with Gasteiger partial charge < -0.3 is 4.90 Å². The molecule has 1 atom stereocenters. The first-order valence-electron chi connectivity index (χ1n) is 14.9. The molecule has 1 unspecified atom stereocenters. The van der Waals surface area contributed by atoms with Gasteiger partial charge in [0.2, 0.25) is 11.8 Å². The van der Waals surface area contributed by atoms with Crippen LogP contribution in [0.1, 0.15) is 32.6 Å². The number of carbonyl (C=O) groups excluding carboxylic acids is 2. The summed E-state index contributed by atoms with van der Waals surface area (Å²) in [4.78, 5) is 40.7. The summed E-state index contributed by atoms with van der Waals surface area (Å²) in [5.41, 5.74) is 3.87. The smallest absolute Gasteiger partial charge is 0.236 e. The summed E-state index contributed by atoms with van der Waals surface area (Å²) in [5.74, 6) is 0.460. The number of aryl methyl sites for hydroxylation is 1. The monoisotopic (exact) mass is 616 g/mol. The third-order valence-corrected chi connectivity index (χ3v) is 10.4. The Bertz CT molecular complexity index is 1910. The molecule has 1 aliphatic rings. The van der Waals surface area contributed by atoms with Gasteiger partial charge in [-0.2, -0.15) is 0 Å². The van der Waals surface area contributed by atoms with Crippen LogP contribution in [0.5, 0.6) is 0 Å². The molecule has 3 aromatic heterocycles. The van der Waals surface area contributed by atoms with Crippen molar-refractivity contribution in [2.45, 2.75) is 32.6 Å². The molecule has 6 nitrogen and oxygen atoms in total. The van der Waals surface area contributed by atoms with Crippen LogP contribution >= 0.6 is 22.7 Å². The normalized spacial score (nSPS) is 14.8. The van der Waals surface area contributed by atoms with E-state index in [0.29, 0.717) is 18.9 Å². The van der Waals surface area contributed by atoms with Crippen LogP contribution in [0, 0.1) is 12.8 Å². The molecule has 220 valence electrons. The summed E-state index contributed by atoms with van der Waals surface area (Å²) in [5, 5.41) is 4.09. The molecular weight excluding hydrogens is 585 g/mol. The minimum atomic E-state index is 0.0000166. The zero-order valence-electron chi connectivity index (χ0n) is 24.5. The van der Waals surface area contributed by atoms with E-state index in [9.17, 15) is 9.59 Å². The lowest BCUT2D eigenvalue weighted by Gasteiger charge is -2.16. The maximum absolute atomic E-state index is 13.4. The Morgan fingerprint density at radius 2 is 1.32 bits per heavy atom. The van der Waals surface area contributed by atoms with Gasteiger partial charge in [0.1, 0.15) is 0 Å². The minimum absolute atomic E-state index is 0.0000166. The predicted molar refractivity (Wildman–Crippen MR) is 178 cm³/mol. The predicted octanol–water partition coefficient (Wildman–Crippen LogP) is 7.71. The average molecular weight is 617 g/mol. The van der Waals surface area contributed by atoms with Crippen LogP contribution < -0.4 is 0 Å². The lowest BCUT2D eigenvalue weighted by Crippen LogP contribution is -2.30. The summed E-state index contributed by atoms with van der Waals surface area (Å²) in [6.45, 7) is 3.46. The van der Waals surface area contributed by atoms with Crippen LogP contribution in [0.4, 0.5) is 0 Å². The van der Waals surface area contributed by atoms with Gasteiger partial charge in [0.05, 0.1) is 44.0 Å². The Hall–Kier alpha value is -4.40. The number of hydrogen-bond acceptors (Lipinski definition) is 6. The van der Waals surface area contributed by atoms with Crippen molar-refractivity contribution in [1.29, 1.82) is 0 Å². The second-order valence-corrected chi connectivity index (χ2v) is 13.7. The summed E-state index contributed by atoms with van der Waals surface area (Å²) < 4.78 is 1.69. The standard InChI is InChI=1S/C36H32N4O2S2/c1-24-37-30(35(43-24)26-10-4-2-5-11-26)19-33(41)39-17-16-25(21-39)18-32-38-31(36(44-32)27-12-6-3-7-13-27)20-34(42)40-22-28-14-8-9-15-29(28)23-40/h2-15,22-23,25H,16-21H2,1H3. The second kappa shape index (κ2) is 12.3. The van der Waals surface area contributed by atoms with Crippen molar-refractivity contribution < 1.29 is 9.59 Å². The highest BCUT2D eigenvalue weighted by Crippen LogP contribution is 2.34. The average Bonchev–Trinajstić information content (AvgIpc) is 3.84. The number of fused-ring (bicyclic) bond motifs is 1. The van der Waals surface area contributed by atoms with E-state index in [4.69, 9.17) is 9.97 Å². The van der Waals surface area contributed by atoms with E-state index in [0.717, 1.165) is 72.4 Å². The zero-order valence-corrected chi connectivity index (χ0v) is 26.1. The quantitative estimate of drug-likeness (QED) is 0.176. The number of amides is 1. The molecule has 6 aromatic rings. The Balaban J connectivity index is 1.05. The largest absolute Gasteiger partial charge is 0.342 e. The number of aromatic nitrogens is 3. The summed E-state index contributed by atoms with van der Waals surface area (Å²) in [7, 11) is 0. The van der Waals surface area contributed by atoms with E-state index in [-0.39, 0.29) is 18.2 Å². The van der Waals surface area contributed by atoms with Crippen LogP contribution in [0.25, 0.3) is 31.7 Å². The molecular formula is C36H32N4O2S2. The summed E-state index contributed by atoms with van der Waals surface area (Å²) >= 11 is 3.32. The van der Waals surface area contributed by atoms with Crippen molar-refractivity contribution in [3.8, 4) is 20.9 Å². The molecule has 0 bridgehead atoms. The van der Waals surface area contributed by atoms with Crippen LogP contribution in [-0.2, 0) is 24.1 Å². The van der Waals surface area contributed by atoms with Crippen molar-refractivity contribution in [3.05, 3.63) is 119 Å². The highest BCUT2D eigenvalue weighted by atomic mass is 32.1.